The molecule has 2 rings (SSSR count). The Labute approximate surface area is 130 Å². The van der Waals surface area contributed by atoms with Gasteiger partial charge in [0.2, 0.25) is 0 Å². The van der Waals surface area contributed by atoms with E-state index in [2.05, 4.69) is 77.9 Å². The molecule has 0 unspecified atom stereocenters. The minimum Gasteiger partial charge on any atom is -0.0588 e. The van der Waals surface area contributed by atoms with Crippen molar-refractivity contribution in [3.05, 3.63) is 69.8 Å². The summed E-state index contributed by atoms with van der Waals surface area (Å²) < 4.78 is 0. The van der Waals surface area contributed by atoms with Crippen LogP contribution in [0.15, 0.2) is 36.4 Å². The molecule has 21 heavy (non-hydrogen) atoms. The minimum absolute atomic E-state index is 0.593. The molecule has 0 radical (unpaired) electrons. The molecule has 0 aromatic heterocycles. The van der Waals surface area contributed by atoms with Crippen molar-refractivity contribution in [2.75, 3.05) is 0 Å². The molecular formula is C21H28. The van der Waals surface area contributed by atoms with Crippen molar-refractivity contribution in [2.24, 2.45) is 0 Å². The number of benzene rings is 2. The molecule has 0 saturated heterocycles. The quantitative estimate of drug-likeness (QED) is 0.631. The van der Waals surface area contributed by atoms with Gasteiger partial charge >= 0.3 is 0 Å². The third-order valence-electron chi connectivity index (χ3n) is 4.33. The predicted molar refractivity (Wildman–Crippen MR) is 93.3 cm³/mol. The molecule has 0 fully saturated rings. The second kappa shape index (κ2) is 6.47. The van der Waals surface area contributed by atoms with Gasteiger partial charge in [-0.3, -0.25) is 0 Å². The molecule has 0 spiro atoms. The predicted octanol–water partition coefficient (Wildman–Crippen LogP) is 6.14. The minimum atomic E-state index is 0.593. The van der Waals surface area contributed by atoms with E-state index in [9.17, 15) is 0 Å². The van der Waals surface area contributed by atoms with Crippen LogP contribution in [0.25, 0.3) is 0 Å². The molecule has 0 aliphatic rings. The average Bonchev–Trinajstić information content (AvgIpc) is 2.40. The topological polar surface area (TPSA) is 0 Å². The van der Waals surface area contributed by atoms with Crippen molar-refractivity contribution in [3.8, 4) is 0 Å². The molecule has 112 valence electrons. The van der Waals surface area contributed by atoms with E-state index in [-0.39, 0.29) is 0 Å². The van der Waals surface area contributed by atoms with Gasteiger partial charge in [0.05, 0.1) is 0 Å². The summed E-state index contributed by atoms with van der Waals surface area (Å²) in [7, 11) is 0. The zero-order valence-electron chi connectivity index (χ0n) is 14.3. The van der Waals surface area contributed by atoms with E-state index in [1.165, 1.54) is 33.4 Å². The Kier molecular flexibility index (Phi) is 4.88. The highest BCUT2D eigenvalue weighted by molar-refractivity contribution is 5.39. The number of hydrogen-bond acceptors (Lipinski definition) is 0. The van der Waals surface area contributed by atoms with Crippen molar-refractivity contribution in [3.63, 3.8) is 0 Å². The number of hydrogen-bond donors (Lipinski definition) is 0. The van der Waals surface area contributed by atoms with Gasteiger partial charge in [-0.25, -0.2) is 0 Å². The van der Waals surface area contributed by atoms with E-state index in [1.54, 1.807) is 0 Å². The van der Waals surface area contributed by atoms with Gasteiger partial charge in [-0.15, -0.1) is 0 Å². The summed E-state index contributed by atoms with van der Waals surface area (Å²) in [5, 5.41) is 0. The second-order valence-corrected chi connectivity index (χ2v) is 6.87. The van der Waals surface area contributed by atoms with Crippen LogP contribution >= 0.6 is 0 Å². The lowest BCUT2D eigenvalue weighted by Crippen LogP contribution is -1.98. The fraction of sp³-hybridized carbons (Fsp3) is 0.429. The zero-order valence-corrected chi connectivity index (χ0v) is 14.3. The molecule has 0 aliphatic carbocycles. The molecule has 0 atom stereocenters. The first kappa shape index (κ1) is 15.8. The van der Waals surface area contributed by atoms with Crippen LogP contribution in [-0.2, 0) is 6.42 Å². The van der Waals surface area contributed by atoms with Crippen LogP contribution in [0.1, 0.15) is 72.9 Å². The molecule has 0 aliphatic heterocycles. The molecule has 0 saturated carbocycles. The van der Waals surface area contributed by atoms with Gasteiger partial charge in [-0.1, -0.05) is 64.1 Å². The molecule has 0 heteroatoms. The maximum absolute atomic E-state index is 2.38. The summed E-state index contributed by atoms with van der Waals surface area (Å²) >= 11 is 0. The highest BCUT2D eigenvalue weighted by atomic mass is 14.1. The van der Waals surface area contributed by atoms with E-state index in [1.807, 2.05) is 0 Å². The molecular weight excluding hydrogens is 252 g/mol. The Bertz CT molecular complexity index is 618. The molecule has 2 aromatic carbocycles. The Morgan fingerprint density at radius 2 is 1.24 bits per heavy atom. The fourth-order valence-electron chi connectivity index (χ4n) is 3.15. The van der Waals surface area contributed by atoms with Gasteiger partial charge in [0.25, 0.3) is 0 Å². The van der Waals surface area contributed by atoms with E-state index in [0.29, 0.717) is 11.8 Å². The smallest absolute Gasteiger partial charge is 0.00256 e. The summed E-state index contributed by atoms with van der Waals surface area (Å²) in [4.78, 5) is 0. The van der Waals surface area contributed by atoms with Gasteiger partial charge in [0.1, 0.15) is 0 Å². The van der Waals surface area contributed by atoms with E-state index in [4.69, 9.17) is 0 Å². The standard InChI is InChI=1S/C21H28/c1-14(2)20-10-9-18(11-17(20)6)12-19-8-7-16(5)21(13-19)15(3)4/h7-11,13-15H,12H2,1-6H3. The average molecular weight is 280 g/mol. The third-order valence-corrected chi connectivity index (χ3v) is 4.33. The van der Waals surface area contributed by atoms with Crippen molar-refractivity contribution in [2.45, 2.75) is 59.8 Å². The van der Waals surface area contributed by atoms with Gasteiger partial charge in [-0.2, -0.15) is 0 Å². The summed E-state index contributed by atoms with van der Waals surface area (Å²) in [6.07, 6.45) is 1.03. The van der Waals surface area contributed by atoms with Crippen LogP contribution in [0.3, 0.4) is 0 Å². The van der Waals surface area contributed by atoms with Crippen molar-refractivity contribution in [1.82, 2.24) is 0 Å². The summed E-state index contributed by atoms with van der Waals surface area (Å²) in [6, 6.07) is 13.9. The molecule has 0 nitrogen and oxygen atoms in total. The number of rotatable bonds is 4. The monoisotopic (exact) mass is 280 g/mol. The van der Waals surface area contributed by atoms with Gasteiger partial charge in [-0.05, 0) is 65.5 Å². The summed E-state index contributed by atoms with van der Waals surface area (Å²) in [5.41, 5.74) is 8.59. The Morgan fingerprint density at radius 3 is 1.81 bits per heavy atom. The second-order valence-electron chi connectivity index (χ2n) is 6.87. The fourth-order valence-corrected chi connectivity index (χ4v) is 3.15. The first-order valence-electron chi connectivity index (χ1n) is 8.07. The van der Waals surface area contributed by atoms with Crippen molar-refractivity contribution < 1.29 is 0 Å². The number of aryl methyl sites for hydroxylation is 2. The van der Waals surface area contributed by atoms with Crippen LogP contribution < -0.4 is 0 Å². The summed E-state index contributed by atoms with van der Waals surface area (Å²) in [6.45, 7) is 13.5. The molecule has 2 aromatic rings. The van der Waals surface area contributed by atoms with Gasteiger partial charge < -0.3 is 0 Å². The van der Waals surface area contributed by atoms with Crippen molar-refractivity contribution in [1.29, 1.82) is 0 Å². The molecule has 0 N–H and O–H groups in total. The van der Waals surface area contributed by atoms with Crippen LogP contribution in [0.5, 0.6) is 0 Å². The van der Waals surface area contributed by atoms with Crippen LogP contribution in [0, 0.1) is 13.8 Å². The highest BCUT2D eigenvalue weighted by Crippen LogP contribution is 2.24. The highest BCUT2D eigenvalue weighted by Gasteiger charge is 2.07. The van der Waals surface area contributed by atoms with Gasteiger partial charge in [0, 0.05) is 0 Å². The zero-order chi connectivity index (χ0) is 15.6. The normalized spacial score (nSPS) is 11.4. The Hall–Kier alpha value is -1.56. The van der Waals surface area contributed by atoms with Crippen LogP contribution in [0.2, 0.25) is 0 Å². The Morgan fingerprint density at radius 1 is 0.667 bits per heavy atom. The first-order valence-corrected chi connectivity index (χ1v) is 8.07. The SMILES string of the molecule is Cc1cc(Cc2ccc(C)c(C(C)C)c2)ccc1C(C)C. The van der Waals surface area contributed by atoms with E-state index >= 15 is 0 Å². The lowest BCUT2D eigenvalue weighted by atomic mass is 9.91. The van der Waals surface area contributed by atoms with E-state index in [0.717, 1.165) is 6.42 Å². The molecule has 0 bridgehead atoms. The van der Waals surface area contributed by atoms with E-state index < -0.39 is 0 Å². The maximum Gasteiger partial charge on any atom is -0.00256 e. The molecule has 0 heterocycles. The van der Waals surface area contributed by atoms with Crippen LogP contribution in [-0.4, -0.2) is 0 Å². The van der Waals surface area contributed by atoms with Crippen LogP contribution in [0.4, 0.5) is 0 Å². The summed E-state index contributed by atoms with van der Waals surface area (Å²) in [5.74, 6) is 1.20. The Balaban J connectivity index is 2.26. The first-order chi connectivity index (χ1) is 9.88. The lowest BCUT2D eigenvalue weighted by molar-refractivity contribution is 0.850. The molecule has 0 amide bonds. The third kappa shape index (κ3) is 3.75. The lowest BCUT2D eigenvalue weighted by Gasteiger charge is -2.14. The van der Waals surface area contributed by atoms with Gasteiger partial charge in [0.15, 0.2) is 0 Å². The largest absolute Gasteiger partial charge is 0.0588 e. The van der Waals surface area contributed by atoms with Crippen molar-refractivity contribution >= 4 is 0 Å². The maximum atomic E-state index is 2.38.